The van der Waals surface area contributed by atoms with Crippen molar-refractivity contribution in [2.75, 3.05) is 13.7 Å². The maximum absolute atomic E-state index is 12.8. The molecule has 0 spiro atoms. The lowest BCUT2D eigenvalue weighted by Crippen LogP contribution is -2.43. The fourth-order valence-electron chi connectivity index (χ4n) is 4.44. The van der Waals surface area contributed by atoms with Crippen molar-refractivity contribution < 1.29 is 23.8 Å². The molecule has 0 bridgehead atoms. The summed E-state index contributed by atoms with van der Waals surface area (Å²) < 4.78 is 17.4. The maximum Gasteiger partial charge on any atom is 0.407 e. The summed E-state index contributed by atoms with van der Waals surface area (Å²) in [6.07, 6.45) is -0.391. The average Bonchev–Trinajstić information content (AvgIpc) is 3.16. The van der Waals surface area contributed by atoms with Crippen LogP contribution in [-0.4, -0.2) is 37.4 Å². The smallest absolute Gasteiger partial charge is 0.407 e. The first-order valence-corrected chi connectivity index (χ1v) is 12.9. The number of hydrogen-bond donors (Lipinski definition) is 1. The molecule has 0 saturated heterocycles. The Morgan fingerprint density at radius 1 is 0.972 bits per heavy atom. The molecule has 6 nitrogen and oxygen atoms in total. The maximum atomic E-state index is 12.8. The van der Waals surface area contributed by atoms with Crippen molar-refractivity contribution in [1.82, 2.24) is 5.32 Å². The van der Waals surface area contributed by atoms with Gasteiger partial charge in [-0.1, -0.05) is 54.6 Å². The van der Waals surface area contributed by atoms with Crippen molar-refractivity contribution in [3.05, 3.63) is 87.0 Å². The third-order valence-corrected chi connectivity index (χ3v) is 6.82. The second-order valence-corrected chi connectivity index (χ2v) is 10.9. The molecule has 188 valence electrons. The number of amides is 1. The van der Waals surface area contributed by atoms with Crippen LogP contribution in [0.3, 0.4) is 0 Å². The molecule has 1 aliphatic rings. The molecule has 0 heterocycles. The second kappa shape index (κ2) is 10.9. The van der Waals surface area contributed by atoms with E-state index in [0.29, 0.717) is 0 Å². The quantitative estimate of drug-likeness (QED) is 0.263. The molecular formula is C29H30INO5. The zero-order chi connectivity index (χ0) is 25.9. The highest BCUT2D eigenvalue weighted by atomic mass is 127. The van der Waals surface area contributed by atoms with Crippen LogP contribution in [0, 0.1) is 3.57 Å². The van der Waals surface area contributed by atoms with Gasteiger partial charge in [-0.2, -0.15) is 0 Å². The van der Waals surface area contributed by atoms with E-state index in [1.165, 1.54) is 7.11 Å². The molecule has 1 atom stereocenters. The molecule has 0 radical (unpaired) electrons. The normalized spacial score (nSPS) is 13.4. The largest absolute Gasteiger partial charge is 0.487 e. The monoisotopic (exact) mass is 599 g/mol. The molecular weight excluding hydrogens is 569 g/mol. The van der Waals surface area contributed by atoms with Crippen LogP contribution in [0.4, 0.5) is 4.79 Å². The minimum atomic E-state index is -0.879. The van der Waals surface area contributed by atoms with Crippen molar-refractivity contribution in [2.24, 2.45) is 0 Å². The van der Waals surface area contributed by atoms with Crippen LogP contribution in [0.15, 0.2) is 66.7 Å². The summed E-state index contributed by atoms with van der Waals surface area (Å²) in [7, 11) is 1.30. The number of hydrogen-bond acceptors (Lipinski definition) is 5. The Balaban J connectivity index is 1.43. The van der Waals surface area contributed by atoms with Crippen molar-refractivity contribution in [3.8, 4) is 16.9 Å². The summed E-state index contributed by atoms with van der Waals surface area (Å²) in [5.74, 6) is 0.177. The van der Waals surface area contributed by atoms with E-state index in [1.54, 1.807) is 0 Å². The summed E-state index contributed by atoms with van der Waals surface area (Å²) >= 11 is 2.21. The van der Waals surface area contributed by atoms with E-state index < -0.39 is 18.1 Å². The number of carbonyl (C=O) groups excluding carboxylic acids is 2. The van der Waals surface area contributed by atoms with Crippen LogP contribution in [0.2, 0.25) is 0 Å². The second-order valence-electron chi connectivity index (χ2n) is 9.73. The van der Waals surface area contributed by atoms with Gasteiger partial charge in [-0.25, -0.2) is 9.59 Å². The molecule has 1 aliphatic carbocycles. The van der Waals surface area contributed by atoms with E-state index in [0.717, 1.165) is 37.1 Å². The zero-order valence-electron chi connectivity index (χ0n) is 20.8. The first-order chi connectivity index (χ1) is 17.2. The van der Waals surface area contributed by atoms with Gasteiger partial charge in [-0.3, -0.25) is 0 Å². The Morgan fingerprint density at radius 2 is 1.58 bits per heavy atom. The topological polar surface area (TPSA) is 73.9 Å². The van der Waals surface area contributed by atoms with Crippen LogP contribution >= 0.6 is 22.6 Å². The summed E-state index contributed by atoms with van der Waals surface area (Å²) in [6.45, 7) is 6.14. The first-order valence-electron chi connectivity index (χ1n) is 11.8. The molecule has 0 unspecified atom stereocenters. The highest BCUT2D eigenvalue weighted by Gasteiger charge is 2.30. The van der Waals surface area contributed by atoms with Crippen molar-refractivity contribution in [3.63, 3.8) is 0 Å². The Kier molecular flexibility index (Phi) is 7.88. The molecule has 0 aromatic heterocycles. The molecule has 0 saturated carbocycles. The van der Waals surface area contributed by atoms with Crippen molar-refractivity contribution >= 4 is 34.7 Å². The number of benzene rings is 3. The molecule has 0 aliphatic heterocycles. The molecule has 1 amide bonds. The number of fused-ring (bicyclic) bond motifs is 3. The molecule has 0 fully saturated rings. The van der Waals surface area contributed by atoms with E-state index in [4.69, 9.17) is 14.2 Å². The predicted octanol–water partition coefficient (Wildman–Crippen LogP) is 6.09. The zero-order valence-corrected chi connectivity index (χ0v) is 23.0. The number of rotatable bonds is 7. The van der Waals surface area contributed by atoms with Gasteiger partial charge in [0.25, 0.3) is 0 Å². The SMILES string of the molecule is COC(=O)[C@H](Cc1ccc(OC(C)(C)C)c(I)c1)NC(=O)OCC1c2ccccc2-c2ccccc21. The fourth-order valence-corrected chi connectivity index (χ4v) is 5.13. The highest BCUT2D eigenvalue weighted by Crippen LogP contribution is 2.44. The lowest BCUT2D eigenvalue weighted by molar-refractivity contribution is -0.143. The van der Waals surface area contributed by atoms with Crippen LogP contribution in [-0.2, 0) is 20.7 Å². The van der Waals surface area contributed by atoms with E-state index in [-0.39, 0.29) is 24.5 Å². The molecule has 7 heteroatoms. The lowest BCUT2D eigenvalue weighted by atomic mass is 9.98. The van der Waals surface area contributed by atoms with Gasteiger partial charge < -0.3 is 19.5 Å². The minimum Gasteiger partial charge on any atom is -0.487 e. The number of esters is 1. The van der Waals surface area contributed by atoms with Gasteiger partial charge in [-0.15, -0.1) is 0 Å². The third kappa shape index (κ3) is 6.00. The number of ether oxygens (including phenoxy) is 3. The Morgan fingerprint density at radius 3 is 2.14 bits per heavy atom. The molecule has 36 heavy (non-hydrogen) atoms. The van der Waals surface area contributed by atoms with Gasteiger partial charge >= 0.3 is 12.1 Å². The summed E-state index contributed by atoms with van der Waals surface area (Å²) in [5, 5.41) is 2.69. The lowest BCUT2D eigenvalue weighted by Gasteiger charge is -2.23. The van der Waals surface area contributed by atoms with Crippen LogP contribution in [0.25, 0.3) is 11.1 Å². The number of halogens is 1. The Labute approximate surface area is 225 Å². The summed E-state index contributed by atoms with van der Waals surface area (Å²) in [6, 6.07) is 21.1. The van der Waals surface area contributed by atoms with Gasteiger partial charge in [0.1, 0.15) is 24.0 Å². The number of methoxy groups -OCH3 is 1. The predicted molar refractivity (Wildman–Crippen MR) is 147 cm³/mol. The number of nitrogens with one attached hydrogen (secondary N) is 1. The van der Waals surface area contributed by atoms with Gasteiger partial charge in [0, 0.05) is 12.3 Å². The summed E-state index contributed by atoms with van der Waals surface area (Å²) in [4.78, 5) is 25.2. The summed E-state index contributed by atoms with van der Waals surface area (Å²) in [5.41, 5.74) is 5.12. The standard InChI is InChI=1S/C29H30INO5/c1-29(2,3)36-26-14-13-18(15-24(26)30)16-25(27(32)34-4)31-28(33)35-17-23-21-11-7-5-9-19(21)20-10-6-8-12-22(20)23/h5-15,23,25H,16-17H2,1-4H3,(H,31,33)/t25-/m0/s1. The van der Waals surface area contributed by atoms with Crippen LogP contribution in [0.1, 0.15) is 43.4 Å². The van der Waals surface area contributed by atoms with Crippen LogP contribution in [0.5, 0.6) is 5.75 Å². The molecule has 3 aromatic carbocycles. The van der Waals surface area contributed by atoms with Crippen molar-refractivity contribution in [1.29, 1.82) is 0 Å². The molecule has 4 rings (SSSR count). The van der Waals surface area contributed by atoms with Crippen LogP contribution < -0.4 is 10.1 Å². The van der Waals surface area contributed by atoms with Gasteiger partial charge in [0.15, 0.2) is 0 Å². The first kappa shape index (κ1) is 26.0. The Hall–Kier alpha value is -3.07. The van der Waals surface area contributed by atoms with E-state index >= 15 is 0 Å². The Bertz CT molecular complexity index is 1220. The van der Waals surface area contributed by atoms with Gasteiger partial charge in [-0.05, 0) is 83.3 Å². The number of alkyl carbamates (subject to hydrolysis) is 1. The van der Waals surface area contributed by atoms with E-state index in [2.05, 4.69) is 52.2 Å². The average molecular weight is 599 g/mol. The van der Waals surface area contributed by atoms with Gasteiger partial charge in [0.2, 0.25) is 0 Å². The van der Waals surface area contributed by atoms with Gasteiger partial charge in [0.05, 0.1) is 10.7 Å². The molecule has 1 N–H and O–H groups in total. The van der Waals surface area contributed by atoms with E-state index in [9.17, 15) is 9.59 Å². The van der Waals surface area contributed by atoms with Crippen molar-refractivity contribution in [2.45, 2.75) is 44.8 Å². The molecule has 3 aromatic rings. The number of carbonyl (C=O) groups is 2. The fraction of sp³-hybridized carbons (Fsp3) is 0.310. The van der Waals surface area contributed by atoms with E-state index in [1.807, 2.05) is 63.2 Å². The highest BCUT2D eigenvalue weighted by molar-refractivity contribution is 14.1. The minimum absolute atomic E-state index is 0.0586. The third-order valence-electron chi connectivity index (χ3n) is 5.97.